The minimum atomic E-state index is -0.579. The van der Waals surface area contributed by atoms with Gasteiger partial charge >= 0.3 is 0 Å². The number of amides is 1. The van der Waals surface area contributed by atoms with Gasteiger partial charge in [0, 0.05) is 5.02 Å². The zero-order valence-electron chi connectivity index (χ0n) is 11.0. The summed E-state index contributed by atoms with van der Waals surface area (Å²) >= 11 is 5.81. The van der Waals surface area contributed by atoms with Gasteiger partial charge in [-0.15, -0.1) is 0 Å². The SMILES string of the molecule is O=C1NC(COc2ccc(Cl)cc2)=NC12CCNCC2. The van der Waals surface area contributed by atoms with E-state index < -0.39 is 5.54 Å². The molecule has 1 spiro atoms. The van der Waals surface area contributed by atoms with Crippen LogP contribution in [0.3, 0.4) is 0 Å². The summed E-state index contributed by atoms with van der Waals surface area (Å²) in [6.45, 7) is 1.91. The molecule has 0 atom stereocenters. The first kappa shape index (κ1) is 13.4. The second-order valence-corrected chi connectivity index (χ2v) is 5.47. The van der Waals surface area contributed by atoms with Crippen molar-refractivity contribution in [1.82, 2.24) is 10.6 Å². The van der Waals surface area contributed by atoms with Crippen LogP contribution in [0.5, 0.6) is 5.75 Å². The number of carbonyl (C=O) groups excluding carboxylic acids is 1. The molecule has 1 amide bonds. The summed E-state index contributed by atoms with van der Waals surface area (Å²) in [6.07, 6.45) is 1.48. The van der Waals surface area contributed by atoms with Crippen molar-refractivity contribution in [3.8, 4) is 5.75 Å². The van der Waals surface area contributed by atoms with E-state index in [9.17, 15) is 4.79 Å². The number of benzene rings is 1. The number of aliphatic imine (C=N–C) groups is 1. The highest BCUT2D eigenvalue weighted by Gasteiger charge is 2.44. The summed E-state index contributed by atoms with van der Waals surface area (Å²) in [4.78, 5) is 16.6. The van der Waals surface area contributed by atoms with E-state index in [0.29, 0.717) is 16.6 Å². The lowest BCUT2D eigenvalue weighted by Gasteiger charge is -2.28. The Kier molecular flexibility index (Phi) is 3.63. The molecule has 0 saturated carbocycles. The minimum Gasteiger partial charge on any atom is -0.486 e. The zero-order chi connectivity index (χ0) is 14.0. The molecule has 2 aliphatic heterocycles. The maximum atomic E-state index is 12.1. The second-order valence-electron chi connectivity index (χ2n) is 5.04. The summed E-state index contributed by atoms with van der Waals surface area (Å²) in [5, 5.41) is 6.73. The largest absolute Gasteiger partial charge is 0.486 e. The third kappa shape index (κ3) is 2.64. The molecule has 0 aromatic heterocycles. The quantitative estimate of drug-likeness (QED) is 0.885. The maximum Gasteiger partial charge on any atom is 0.253 e. The molecule has 6 heteroatoms. The molecular weight excluding hydrogens is 278 g/mol. The van der Waals surface area contributed by atoms with Crippen LogP contribution in [-0.4, -0.2) is 37.0 Å². The molecule has 1 aromatic carbocycles. The second kappa shape index (κ2) is 5.42. The molecule has 106 valence electrons. The number of nitrogens with one attached hydrogen (secondary N) is 2. The molecule has 1 saturated heterocycles. The topological polar surface area (TPSA) is 62.7 Å². The van der Waals surface area contributed by atoms with Gasteiger partial charge in [-0.3, -0.25) is 9.79 Å². The van der Waals surface area contributed by atoms with Crippen LogP contribution in [0.2, 0.25) is 5.02 Å². The summed E-state index contributed by atoms with van der Waals surface area (Å²) < 4.78 is 5.61. The van der Waals surface area contributed by atoms with Crippen molar-refractivity contribution in [1.29, 1.82) is 0 Å². The molecule has 3 rings (SSSR count). The molecule has 2 heterocycles. The molecule has 1 fully saturated rings. The van der Waals surface area contributed by atoms with E-state index in [-0.39, 0.29) is 12.5 Å². The van der Waals surface area contributed by atoms with Crippen molar-refractivity contribution in [2.45, 2.75) is 18.4 Å². The van der Waals surface area contributed by atoms with Crippen molar-refractivity contribution >= 4 is 23.3 Å². The van der Waals surface area contributed by atoms with Gasteiger partial charge in [0.2, 0.25) is 0 Å². The van der Waals surface area contributed by atoms with Crippen LogP contribution < -0.4 is 15.4 Å². The van der Waals surface area contributed by atoms with E-state index in [0.717, 1.165) is 25.9 Å². The summed E-state index contributed by atoms with van der Waals surface area (Å²) in [7, 11) is 0. The van der Waals surface area contributed by atoms with E-state index in [1.165, 1.54) is 0 Å². The van der Waals surface area contributed by atoms with E-state index in [2.05, 4.69) is 15.6 Å². The lowest BCUT2D eigenvalue weighted by Crippen LogP contribution is -2.47. The number of piperidine rings is 1. The van der Waals surface area contributed by atoms with Crippen molar-refractivity contribution in [2.75, 3.05) is 19.7 Å². The van der Waals surface area contributed by atoms with Crippen molar-refractivity contribution in [2.24, 2.45) is 4.99 Å². The molecule has 0 radical (unpaired) electrons. The molecule has 20 heavy (non-hydrogen) atoms. The highest BCUT2D eigenvalue weighted by molar-refractivity contribution is 6.30. The molecule has 0 bridgehead atoms. The highest BCUT2D eigenvalue weighted by Crippen LogP contribution is 2.27. The van der Waals surface area contributed by atoms with Gasteiger partial charge in [-0.2, -0.15) is 0 Å². The number of halogens is 1. The normalized spacial score (nSPS) is 20.6. The van der Waals surface area contributed by atoms with Gasteiger partial charge < -0.3 is 15.4 Å². The number of carbonyl (C=O) groups is 1. The fourth-order valence-corrected chi connectivity index (χ4v) is 2.64. The Labute approximate surface area is 122 Å². The Morgan fingerprint density at radius 2 is 1.95 bits per heavy atom. The van der Waals surface area contributed by atoms with E-state index in [1.54, 1.807) is 24.3 Å². The van der Waals surface area contributed by atoms with Gasteiger partial charge in [0.15, 0.2) is 0 Å². The molecule has 0 aliphatic carbocycles. The van der Waals surface area contributed by atoms with Crippen LogP contribution in [0.25, 0.3) is 0 Å². The van der Waals surface area contributed by atoms with Crippen LogP contribution in [-0.2, 0) is 4.79 Å². The van der Waals surface area contributed by atoms with Crippen molar-refractivity contribution in [3.05, 3.63) is 29.3 Å². The number of ether oxygens (including phenoxy) is 1. The summed E-state index contributed by atoms with van der Waals surface area (Å²) in [5.74, 6) is 1.30. The molecule has 1 aromatic rings. The minimum absolute atomic E-state index is 0.00583. The average Bonchev–Trinajstić information content (AvgIpc) is 2.75. The standard InChI is InChI=1S/C14H16ClN3O2/c15-10-1-3-11(4-2-10)20-9-12-17-13(19)14(18-12)5-7-16-8-6-14/h1-4,16H,5-9H2,(H,17,18,19). The van der Waals surface area contributed by atoms with Crippen LogP contribution in [0.4, 0.5) is 0 Å². The number of nitrogens with zero attached hydrogens (tertiary/aromatic N) is 1. The van der Waals surface area contributed by atoms with E-state index in [1.807, 2.05) is 0 Å². The Balaban J connectivity index is 1.65. The van der Waals surface area contributed by atoms with E-state index in [4.69, 9.17) is 16.3 Å². The number of hydrogen-bond donors (Lipinski definition) is 2. The smallest absolute Gasteiger partial charge is 0.253 e. The number of amidine groups is 1. The van der Waals surface area contributed by atoms with Crippen LogP contribution in [0, 0.1) is 0 Å². The first-order valence-electron chi connectivity index (χ1n) is 6.67. The molecule has 0 unspecified atom stereocenters. The molecular formula is C14H16ClN3O2. The Hall–Kier alpha value is -1.59. The summed E-state index contributed by atoms with van der Waals surface area (Å²) in [5.41, 5.74) is -0.579. The molecule has 2 aliphatic rings. The Morgan fingerprint density at radius 3 is 2.65 bits per heavy atom. The number of rotatable bonds is 3. The first-order chi connectivity index (χ1) is 9.68. The lowest BCUT2D eigenvalue weighted by atomic mass is 9.89. The maximum absolute atomic E-state index is 12.1. The fourth-order valence-electron chi connectivity index (χ4n) is 2.51. The zero-order valence-corrected chi connectivity index (χ0v) is 11.7. The van der Waals surface area contributed by atoms with E-state index >= 15 is 0 Å². The van der Waals surface area contributed by atoms with Crippen molar-refractivity contribution in [3.63, 3.8) is 0 Å². The summed E-state index contributed by atoms with van der Waals surface area (Å²) in [6, 6.07) is 7.11. The third-order valence-corrected chi connectivity index (χ3v) is 3.90. The highest BCUT2D eigenvalue weighted by atomic mass is 35.5. The third-order valence-electron chi connectivity index (χ3n) is 3.65. The Bertz CT molecular complexity index is 536. The van der Waals surface area contributed by atoms with Gasteiger partial charge in [-0.1, -0.05) is 11.6 Å². The fraction of sp³-hybridized carbons (Fsp3) is 0.429. The lowest BCUT2D eigenvalue weighted by molar-refractivity contribution is -0.124. The van der Waals surface area contributed by atoms with Crippen LogP contribution in [0.1, 0.15) is 12.8 Å². The van der Waals surface area contributed by atoms with Gasteiger partial charge in [-0.25, -0.2) is 0 Å². The van der Waals surface area contributed by atoms with Crippen LogP contribution in [0.15, 0.2) is 29.3 Å². The van der Waals surface area contributed by atoms with Gasteiger partial charge in [0.1, 0.15) is 23.7 Å². The van der Waals surface area contributed by atoms with Gasteiger partial charge in [0.25, 0.3) is 5.91 Å². The number of hydrogen-bond acceptors (Lipinski definition) is 4. The predicted molar refractivity (Wildman–Crippen MR) is 77.4 cm³/mol. The van der Waals surface area contributed by atoms with Gasteiger partial charge in [0.05, 0.1) is 0 Å². The Morgan fingerprint density at radius 1 is 1.25 bits per heavy atom. The predicted octanol–water partition coefficient (Wildman–Crippen LogP) is 1.37. The average molecular weight is 294 g/mol. The molecule has 2 N–H and O–H groups in total. The monoisotopic (exact) mass is 293 g/mol. The van der Waals surface area contributed by atoms with Crippen LogP contribution >= 0.6 is 11.6 Å². The first-order valence-corrected chi connectivity index (χ1v) is 7.05. The van der Waals surface area contributed by atoms with Gasteiger partial charge in [-0.05, 0) is 50.2 Å². The molecule has 5 nitrogen and oxygen atoms in total. The van der Waals surface area contributed by atoms with Crippen molar-refractivity contribution < 1.29 is 9.53 Å².